The first-order valence-corrected chi connectivity index (χ1v) is 9.19. The van der Waals surface area contributed by atoms with Crippen LogP contribution in [0.15, 0.2) is 66.7 Å². The van der Waals surface area contributed by atoms with E-state index in [1.54, 1.807) is 24.3 Å². The third-order valence-electron chi connectivity index (χ3n) is 4.48. The van der Waals surface area contributed by atoms with Crippen molar-refractivity contribution in [1.29, 1.82) is 0 Å². The Bertz CT molecular complexity index is 1040. The minimum Gasteiger partial charge on any atom is -0.452 e. The van der Waals surface area contributed by atoms with Gasteiger partial charge in [-0.1, -0.05) is 54.1 Å². The molecule has 0 unspecified atom stereocenters. The molecule has 0 saturated carbocycles. The van der Waals surface area contributed by atoms with Crippen LogP contribution in [-0.2, 0) is 14.3 Å². The van der Waals surface area contributed by atoms with Gasteiger partial charge in [-0.15, -0.1) is 0 Å². The Balaban J connectivity index is 1.53. The molecule has 3 rings (SSSR count). The number of carbonyl (C=O) groups excluding carboxylic acids is 3. The molecule has 1 N–H and O–H groups in total. The molecular weight excluding hydrogens is 368 g/mol. The Hall–Kier alpha value is -3.67. The van der Waals surface area contributed by atoms with Crippen LogP contribution in [0.25, 0.3) is 10.8 Å². The lowest BCUT2D eigenvalue weighted by Gasteiger charge is -2.17. The molecule has 0 fully saturated rings. The SMILES string of the molecule is Cc1ccc(NC(=O)CN(C)C(=O)COC(=O)c2cccc3ccccc23)cc1. The molecule has 0 radical (unpaired) electrons. The van der Waals surface area contributed by atoms with Crippen LogP contribution in [0, 0.1) is 6.92 Å². The maximum absolute atomic E-state index is 12.4. The van der Waals surface area contributed by atoms with Gasteiger partial charge in [-0.05, 0) is 35.9 Å². The van der Waals surface area contributed by atoms with Crippen molar-refractivity contribution in [2.24, 2.45) is 0 Å². The minimum atomic E-state index is -0.576. The van der Waals surface area contributed by atoms with E-state index in [9.17, 15) is 14.4 Å². The van der Waals surface area contributed by atoms with Crippen LogP contribution in [0.3, 0.4) is 0 Å². The Morgan fingerprint density at radius 1 is 0.931 bits per heavy atom. The quantitative estimate of drug-likeness (QED) is 0.655. The molecule has 0 spiro atoms. The zero-order valence-electron chi connectivity index (χ0n) is 16.3. The highest BCUT2D eigenvalue weighted by Crippen LogP contribution is 2.19. The van der Waals surface area contributed by atoms with Gasteiger partial charge in [0.1, 0.15) is 0 Å². The Labute approximate surface area is 169 Å². The van der Waals surface area contributed by atoms with Crippen molar-refractivity contribution in [3.63, 3.8) is 0 Å². The molecule has 2 amide bonds. The highest BCUT2D eigenvalue weighted by molar-refractivity contribution is 6.05. The largest absolute Gasteiger partial charge is 0.452 e. The molecule has 0 aliphatic carbocycles. The lowest BCUT2D eigenvalue weighted by atomic mass is 10.1. The third-order valence-corrected chi connectivity index (χ3v) is 4.48. The average molecular weight is 390 g/mol. The molecule has 0 heterocycles. The first-order valence-electron chi connectivity index (χ1n) is 9.19. The third kappa shape index (κ3) is 5.19. The van der Waals surface area contributed by atoms with Gasteiger partial charge in [-0.3, -0.25) is 9.59 Å². The normalized spacial score (nSPS) is 10.4. The fourth-order valence-corrected chi connectivity index (χ4v) is 2.86. The summed E-state index contributed by atoms with van der Waals surface area (Å²) >= 11 is 0. The molecular formula is C23H22N2O4. The Kier molecular flexibility index (Phi) is 6.24. The zero-order chi connectivity index (χ0) is 20.8. The summed E-state index contributed by atoms with van der Waals surface area (Å²) < 4.78 is 5.17. The average Bonchev–Trinajstić information content (AvgIpc) is 2.72. The van der Waals surface area contributed by atoms with Crippen LogP contribution in [0.2, 0.25) is 0 Å². The molecule has 3 aromatic carbocycles. The minimum absolute atomic E-state index is 0.140. The van der Waals surface area contributed by atoms with Gasteiger partial charge in [0.2, 0.25) is 5.91 Å². The number of likely N-dealkylation sites (N-methyl/N-ethyl adjacent to an activating group) is 1. The van der Waals surface area contributed by atoms with Crippen LogP contribution < -0.4 is 5.32 Å². The molecule has 29 heavy (non-hydrogen) atoms. The number of hydrogen-bond donors (Lipinski definition) is 1. The number of fused-ring (bicyclic) bond motifs is 1. The molecule has 6 nitrogen and oxygen atoms in total. The van der Waals surface area contributed by atoms with Gasteiger partial charge in [0.25, 0.3) is 5.91 Å². The van der Waals surface area contributed by atoms with Crippen LogP contribution in [0.4, 0.5) is 5.69 Å². The summed E-state index contributed by atoms with van der Waals surface area (Å²) in [4.78, 5) is 38.0. The van der Waals surface area contributed by atoms with Gasteiger partial charge in [-0.2, -0.15) is 0 Å². The Morgan fingerprint density at radius 2 is 1.62 bits per heavy atom. The van der Waals surface area contributed by atoms with E-state index in [0.717, 1.165) is 16.3 Å². The van der Waals surface area contributed by atoms with E-state index >= 15 is 0 Å². The number of esters is 1. The number of anilines is 1. The smallest absolute Gasteiger partial charge is 0.339 e. The molecule has 0 bridgehead atoms. The maximum atomic E-state index is 12.4. The van der Waals surface area contributed by atoms with Crippen molar-refractivity contribution in [3.8, 4) is 0 Å². The number of hydrogen-bond acceptors (Lipinski definition) is 4. The van der Waals surface area contributed by atoms with Gasteiger partial charge < -0.3 is 15.0 Å². The van der Waals surface area contributed by atoms with E-state index in [1.807, 2.05) is 49.4 Å². The van der Waals surface area contributed by atoms with Gasteiger partial charge in [0.15, 0.2) is 6.61 Å². The number of carbonyl (C=O) groups is 3. The first-order chi connectivity index (χ1) is 13.9. The number of aryl methyl sites for hydroxylation is 1. The van der Waals surface area contributed by atoms with Crippen molar-refractivity contribution in [1.82, 2.24) is 4.90 Å². The zero-order valence-corrected chi connectivity index (χ0v) is 16.3. The van der Waals surface area contributed by atoms with Crippen LogP contribution >= 0.6 is 0 Å². The molecule has 0 atom stereocenters. The summed E-state index contributed by atoms with van der Waals surface area (Å²) in [5, 5.41) is 4.40. The van der Waals surface area contributed by atoms with Gasteiger partial charge in [-0.25, -0.2) is 4.79 Å². The van der Waals surface area contributed by atoms with Gasteiger partial charge in [0, 0.05) is 12.7 Å². The predicted molar refractivity (Wildman–Crippen MR) is 112 cm³/mol. The molecule has 0 aromatic heterocycles. The first kappa shape index (κ1) is 20.1. The van der Waals surface area contributed by atoms with Crippen LogP contribution in [-0.4, -0.2) is 42.9 Å². The molecule has 148 valence electrons. The van der Waals surface area contributed by atoms with E-state index in [-0.39, 0.29) is 12.5 Å². The number of amides is 2. The summed E-state index contributed by atoms with van der Waals surface area (Å²) in [5.74, 6) is -1.37. The molecule has 3 aromatic rings. The standard InChI is InChI=1S/C23H22N2O4/c1-16-10-12-18(13-11-16)24-21(26)14-25(2)22(27)15-29-23(28)20-9-5-7-17-6-3-4-8-19(17)20/h3-13H,14-15H2,1-2H3,(H,24,26). The number of nitrogens with zero attached hydrogens (tertiary/aromatic N) is 1. The highest BCUT2D eigenvalue weighted by atomic mass is 16.5. The summed E-state index contributed by atoms with van der Waals surface area (Å²) in [6, 6.07) is 20.1. The van der Waals surface area contributed by atoms with E-state index in [0.29, 0.717) is 11.3 Å². The second kappa shape index (κ2) is 9.01. The van der Waals surface area contributed by atoms with E-state index in [1.165, 1.54) is 11.9 Å². The molecule has 0 aliphatic rings. The van der Waals surface area contributed by atoms with Crippen LogP contribution in [0.1, 0.15) is 15.9 Å². The Morgan fingerprint density at radius 3 is 2.38 bits per heavy atom. The van der Waals surface area contributed by atoms with Gasteiger partial charge in [0.05, 0.1) is 12.1 Å². The topological polar surface area (TPSA) is 75.7 Å². The van der Waals surface area contributed by atoms with Crippen molar-refractivity contribution < 1.29 is 19.1 Å². The van der Waals surface area contributed by atoms with Gasteiger partial charge >= 0.3 is 5.97 Å². The van der Waals surface area contributed by atoms with Crippen LogP contribution in [0.5, 0.6) is 0 Å². The fraction of sp³-hybridized carbons (Fsp3) is 0.174. The highest BCUT2D eigenvalue weighted by Gasteiger charge is 2.17. The van der Waals surface area contributed by atoms with E-state index < -0.39 is 18.5 Å². The number of rotatable bonds is 6. The number of nitrogens with one attached hydrogen (secondary N) is 1. The molecule has 6 heteroatoms. The summed E-state index contributed by atoms with van der Waals surface area (Å²) in [6.45, 7) is 1.38. The molecule has 0 saturated heterocycles. The second-order valence-electron chi connectivity index (χ2n) is 6.77. The van der Waals surface area contributed by atoms with Crippen molar-refractivity contribution in [3.05, 3.63) is 77.9 Å². The maximum Gasteiger partial charge on any atom is 0.339 e. The van der Waals surface area contributed by atoms with Crippen molar-refractivity contribution in [2.45, 2.75) is 6.92 Å². The van der Waals surface area contributed by atoms with Crippen molar-refractivity contribution >= 4 is 34.2 Å². The lowest BCUT2D eigenvalue weighted by molar-refractivity contribution is -0.136. The molecule has 0 aliphatic heterocycles. The fourth-order valence-electron chi connectivity index (χ4n) is 2.86. The van der Waals surface area contributed by atoms with E-state index in [4.69, 9.17) is 4.74 Å². The van der Waals surface area contributed by atoms with Crippen molar-refractivity contribution in [2.75, 3.05) is 25.5 Å². The number of benzene rings is 3. The predicted octanol–water partition coefficient (Wildman–Crippen LogP) is 3.40. The summed E-state index contributed by atoms with van der Waals surface area (Å²) in [6.07, 6.45) is 0. The monoisotopic (exact) mass is 390 g/mol. The number of ether oxygens (including phenoxy) is 1. The lowest BCUT2D eigenvalue weighted by Crippen LogP contribution is -2.37. The second-order valence-corrected chi connectivity index (χ2v) is 6.77. The summed E-state index contributed by atoms with van der Waals surface area (Å²) in [5.41, 5.74) is 2.14. The van der Waals surface area contributed by atoms with E-state index in [2.05, 4.69) is 5.32 Å². The summed E-state index contributed by atoms with van der Waals surface area (Å²) in [7, 11) is 1.49.